The Kier molecular flexibility index (Phi) is 5.15. The number of H-pyrrole nitrogens is 1. The number of rotatable bonds is 5. The number of nitrogens with one attached hydrogen (secondary N) is 2. The Morgan fingerprint density at radius 1 is 1.43 bits per heavy atom. The molecule has 116 valence electrons. The second-order valence-electron chi connectivity index (χ2n) is 5.04. The van der Waals surface area contributed by atoms with Crippen LogP contribution in [0.3, 0.4) is 0 Å². The molecule has 0 aromatic carbocycles. The highest BCUT2D eigenvalue weighted by atomic mass is 16.4. The number of nitrogens with zero attached hydrogens (tertiary/aromatic N) is 3. The van der Waals surface area contributed by atoms with Crippen molar-refractivity contribution in [1.29, 1.82) is 0 Å². The lowest BCUT2D eigenvalue weighted by molar-refractivity contribution is -0.139. The quantitative estimate of drug-likeness (QED) is 0.695. The molecule has 1 aliphatic heterocycles. The molecule has 1 saturated heterocycles. The molecule has 3 N–H and O–H groups in total. The molecule has 1 aliphatic rings. The molecule has 0 aliphatic carbocycles. The second-order valence-corrected chi connectivity index (χ2v) is 5.04. The number of amides is 2. The third kappa shape index (κ3) is 4.19. The van der Waals surface area contributed by atoms with Crippen LogP contribution in [0.15, 0.2) is 12.5 Å². The molecule has 2 heterocycles. The molecule has 0 radical (unpaired) electrons. The minimum absolute atomic E-state index is 0.190. The number of carboxylic acids is 1. The van der Waals surface area contributed by atoms with Gasteiger partial charge in [-0.15, -0.1) is 0 Å². The van der Waals surface area contributed by atoms with Gasteiger partial charge < -0.3 is 25.2 Å². The van der Waals surface area contributed by atoms with Gasteiger partial charge in [0.15, 0.2) is 0 Å². The Labute approximate surface area is 123 Å². The molecule has 2 rings (SSSR count). The molecule has 1 aromatic heterocycles. The molecule has 1 aromatic rings. The number of hydrogen-bond donors (Lipinski definition) is 3. The number of piperazine rings is 1. The normalized spacial score (nSPS) is 17.5. The van der Waals surface area contributed by atoms with E-state index in [4.69, 9.17) is 0 Å². The Morgan fingerprint density at radius 2 is 2.14 bits per heavy atom. The van der Waals surface area contributed by atoms with Crippen LogP contribution >= 0.6 is 0 Å². The summed E-state index contributed by atoms with van der Waals surface area (Å²) in [6, 6.07) is -1.28. The van der Waals surface area contributed by atoms with E-state index in [2.05, 4.69) is 27.1 Å². The fourth-order valence-electron chi connectivity index (χ4n) is 2.32. The minimum Gasteiger partial charge on any atom is -0.480 e. The van der Waals surface area contributed by atoms with E-state index in [1.807, 2.05) is 0 Å². The topological polar surface area (TPSA) is 102 Å². The summed E-state index contributed by atoms with van der Waals surface area (Å²) in [4.78, 5) is 34.0. The van der Waals surface area contributed by atoms with Gasteiger partial charge in [0, 0.05) is 44.5 Å². The number of likely N-dealkylation sites (N-methyl/N-ethyl adjacent to an activating group) is 1. The lowest BCUT2D eigenvalue weighted by atomic mass is 10.1. The molecule has 0 saturated carbocycles. The van der Waals surface area contributed by atoms with Gasteiger partial charge >= 0.3 is 12.0 Å². The number of imidazole rings is 1. The Balaban J connectivity index is 1.88. The van der Waals surface area contributed by atoms with E-state index >= 15 is 0 Å². The van der Waals surface area contributed by atoms with Gasteiger partial charge in [0.25, 0.3) is 0 Å². The summed E-state index contributed by atoms with van der Waals surface area (Å²) in [5.74, 6) is -1.05. The van der Waals surface area contributed by atoms with Crippen molar-refractivity contribution in [2.24, 2.45) is 0 Å². The Hall–Kier alpha value is -2.09. The maximum Gasteiger partial charge on any atom is 0.326 e. The molecule has 1 atom stereocenters. The van der Waals surface area contributed by atoms with E-state index in [-0.39, 0.29) is 12.5 Å². The highest BCUT2D eigenvalue weighted by molar-refractivity contribution is 5.82. The maximum atomic E-state index is 12.1. The zero-order valence-electron chi connectivity index (χ0n) is 12.1. The molecular weight excluding hydrogens is 274 g/mol. The van der Waals surface area contributed by atoms with Crippen LogP contribution in [0, 0.1) is 0 Å². The van der Waals surface area contributed by atoms with Gasteiger partial charge in [-0.2, -0.15) is 0 Å². The lowest BCUT2D eigenvalue weighted by Gasteiger charge is -2.34. The summed E-state index contributed by atoms with van der Waals surface area (Å²) >= 11 is 0. The number of urea groups is 1. The summed E-state index contributed by atoms with van der Waals surface area (Å²) in [6.45, 7) is 5.93. The highest BCUT2D eigenvalue weighted by Gasteiger charge is 2.26. The number of aromatic amines is 1. The van der Waals surface area contributed by atoms with Crippen LogP contribution in [-0.4, -0.2) is 75.6 Å². The van der Waals surface area contributed by atoms with Crippen molar-refractivity contribution in [1.82, 2.24) is 25.1 Å². The molecule has 1 unspecified atom stereocenters. The van der Waals surface area contributed by atoms with Gasteiger partial charge in [0.2, 0.25) is 0 Å². The van der Waals surface area contributed by atoms with E-state index in [9.17, 15) is 14.7 Å². The SMILES string of the molecule is CCN1CCN(C(=O)NC(Cc2cnc[nH]2)C(=O)O)CC1. The van der Waals surface area contributed by atoms with Crippen molar-refractivity contribution in [2.75, 3.05) is 32.7 Å². The van der Waals surface area contributed by atoms with Crippen LogP contribution in [0.1, 0.15) is 12.6 Å². The van der Waals surface area contributed by atoms with Crippen molar-refractivity contribution in [3.8, 4) is 0 Å². The monoisotopic (exact) mass is 295 g/mol. The number of aromatic nitrogens is 2. The van der Waals surface area contributed by atoms with Crippen LogP contribution in [0.25, 0.3) is 0 Å². The van der Waals surface area contributed by atoms with Gasteiger partial charge in [-0.25, -0.2) is 14.6 Å². The van der Waals surface area contributed by atoms with Gasteiger partial charge in [-0.1, -0.05) is 6.92 Å². The molecule has 21 heavy (non-hydrogen) atoms. The first-order valence-electron chi connectivity index (χ1n) is 7.08. The van der Waals surface area contributed by atoms with E-state index in [0.717, 1.165) is 19.6 Å². The first-order valence-corrected chi connectivity index (χ1v) is 7.08. The van der Waals surface area contributed by atoms with Crippen LogP contribution < -0.4 is 5.32 Å². The standard InChI is InChI=1S/C13H21N5O3/c1-2-17-3-5-18(6-4-17)13(21)16-11(12(19)20)7-10-8-14-9-15-10/h8-9,11H,2-7H2,1H3,(H,14,15)(H,16,21)(H,19,20). The summed E-state index contributed by atoms with van der Waals surface area (Å²) < 4.78 is 0. The molecule has 0 spiro atoms. The van der Waals surface area contributed by atoms with Crippen LogP contribution in [0.2, 0.25) is 0 Å². The third-order valence-corrected chi connectivity index (χ3v) is 3.68. The summed E-state index contributed by atoms with van der Waals surface area (Å²) in [5, 5.41) is 11.8. The molecule has 2 amide bonds. The van der Waals surface area contributed by atoms with E-state index < -0.39 is 12.0 Å². The average molecular weight is 295 g/mol. The van der Waals surface area contributed by atoms with Gasteiger partial charge in [0.05, 0.1) is 6.33 Å². The van der Waals surface area contributed by atoms with Gasteiger partial charge in [-0.3, -0.25) is 0 Å². The molecule has 8 nitrogen and oxygen atoms in total. The molecule has 8 heteroatoms. The fraction of sp³-hybridized carbons (Fsp3) is 0.615. The zero-order chi connectivity index (χ0) is 15.2. The number of carbonyl (C=O) groups is 2. The van der Waals surface area contributed by atoms with E-state index in [1.165, 1.54) is 6.33 Å². The summed E-state index contributed by atoms with van der Waals surface area (Å²) in [5.41, 5.74) is 0.679. The number of hydrogen-bond acceptors (Lipinski definition) is 4. The minimum atomic E-state index is -1.05. The maximum absolute atomic E-state index is 12.1. The van der Waals surface area contributed by atoms with Crippen LogP contribution in [0.5, 0.6) is 0 Å². The first kappa shape index (κ1) is 15.3. The van der Waals surface area contributed by atoms with E-state index in [1.54, 1.807) is 11.1 Å². The van der Waals surface area contributed by atoms with Crippen LogP contribution in [-0.2, 0) is 11.2 Å². The Morgan fingerprint density at radius 3 is 2.67 bits per heavy atom. The van der Waals surface area contributed by atoms with E-state index in [0.29, 0.717) is 18.8 Å². The predicted octanol–water partition coefficient (Wildman–Crippen LogP) is -0.247. The van der Waals surface area contributed by atoms with Crippen molar-refractivity contribution in [2.45, 2.75) is 19.4 Å². The third-order valence-electron chi connectivity index (χ3n) is 3.68. The smallest absolute Gasteiger partial charge is 0.326 e. The van der Waals surface area contributed by atoms with Gasteiger partial charge in [-0.05, 0) is 6.54 Å². The molecular formula is C13H21N5O3. The first-order chi connectivity index (χ1) is 10.1. The predicted molar refractivity (Wildman–Crippen MR) is 75.9 cm³/mol. The average Bonchev–Trinajstić information content (AvgIpc) is 2.99. The second kappa shape index (κ2) is 7.07. The highest BCUT2D eigenvalue weighted by Crippen LogP contribution is 2.04. The van der Waals surface area contributed by atoms with Gasteiger partial charge in [0.1, 0.15) is 6.04 Å². The van der Waals surface area contributed by atoms with Crippen molar-refractivity contribution in [3.05, 3.63) is 18.2 Å². The zero-order valence-corrected chi connectivity index (χ0v) is 12.1. The fourth-order valence-corrected chi connectivity index (χ4v) is 2.32. The van der Waals surface area contributed by atoms with Crippen LogP contribution in [0.4, 0.5) is 4.79 Å². The number of aliphatic carboxylic acids is 1. The van der Waals surface area contributed by atoms with Crippen molar-refractivity contribution in [3.63, 3.8) is 0 Å². The summed E-state index contributed by atoms with van der Waals surface area (Å²) in [6.07, 6.45) is 3.23. The summed E-state index contributed by atoms with van der Waals surface area (Å²) in [7, 11) is 0. The number of carboxylic acid groups (broad SMARTS) is 1. The molecule has 1 fully saturated rings. The largest absolute Gasteiger partial charge is 0.480 e. The Bertz CT molecular complexity index is 468. The lowest BCUT2D eigenvalue weighted by Crippen LogP contribution is -2.54. The number of carbonyl (C=O) groups excluding carboxylic acids is 1. The van der Waals surface area contributed by atoms with Crippen molar-refractivity contribution >= 4 is 12.0 Å². The molecule has 0 bridgehead atoms. The van der Waals surface area contributed by atoms with Crippen molar-refractivity contribution < 1.29 is 14.7 Å².